The lowest BCUT2D eigenvalue weighted by Crippen LogP contribution is -2.39. The van der Waals surface area contributed by atoms with Crippen molar-refractivity contribution in [2.24, 2.45) is 0 Å². The maximum Gasteiger partial charge on any atom is 0.337 e. The molecule has 6 nitrogen and oxygen atoms in total. The van der Waals surface area contributed by atoms with Crippen LogP contribution in [0.15, 0.2) is 33.7 Å². The monoisotopic (exact) mass is 332 g/mol. The van der Waals surface area contributed by atoms with E-state index >= 15 is 0 Å². The summed E-state index contributed by atoms with van der Waals surface area (Å²) in [5, 5.41) is 3.75. The van der Waals surface area contributed by atoms with E-state index in [-0.39, 0.29) is 11.2 Å². The van der Waals surface area contributed by atoms with Crippen LogP contribution >= 0.6 is 11.8 Å². The van der Waals surface area contributed by atoms with Crippen LogP contribution in [-0.2, 0) is 16.1 Å². The summed E-state index contributed by atoms with van der Waals surface area (Å²) in [4.78, 5) is 26.9. The molecule has 0 N–H and O–H groups in total. The Bertz CT molecular complexity index is 771. The Balaban J connectivity index is 2.01. The maximum atomic E-state index is 12.6. The van der Waals surface area contributed by atoms with Crippen LogP contribution in [0, 0.1) is 6.92 Å². The van der Waals surface area contributed by atoms with Crippen molar-refractivity contribution in [3.05, 3.63) is 41.3 Å². The molecule has 0 spiro atoms. The van der Waals surface area contributed by atoms with Gasteiger partial charge in [-0.1, -0.05) is 5.16 Å². The second-order valence-electron chi connectivity index (χ2n) is 5.29. The number of hydrogen-bond donors (Lipinski definition) is 0. The van der Waals surface area contributed by atoms with E-state index in [4.69, 9.17) is 9.26 Å². The van der Waals surface area contributed by atoms with E-state index in [2.05, 4.69) is 5.16 Å². The number of carbonyl (C=O) groups excluding carboxylic acids is 2. The number of nitrogens with zero attached hydrogens (tertiary/aromatic N) is 2. The highest BCUT2D eigenvalue weighted by Crippen LogP contribution is 2.40. The quantitative estimate of drug-likeness (QED) is 0.805. The molecule has 1 amide bonds. The Labute approximate surface area is 137 Å². The Kier molecular flexibility index (Phi) is 4.12. The molecule has 120 valence electrons. The lowest BCUT2D eigenvalue weighted by molar-refractivity contribution is -0.118. The van der Waals surface area contributed by atoms with Crippen LogP contribution in [0.3, 0.4) is 0 Å². The highest BCUT2D eigenvalue weighted by molar-refractivity contribution is 8.00. The summed E-state index contributed by atoms with van der Waals surface area (Å²) < 4.78 is 9.82. The zero-order valence-corrected chi connectivity index (χ0v) is 13.8. The predicted molar refractivity (Wildman–Crippen MR) is 85.5 cm³/mol. The van der Waals surface area contributed by atoms with Gasteiger partial charge in [-0.05, 0) is 32.0 Å². The number of fused-ring (bicyclic) bond motifs is 1. The van der Waals surface area contributed by atoms with Gasteiger partial charge in [-0.2, -0.15) is 0 Å². The van der Waals surface area contributed by atoms with E-state index in [1.807, 2.05) is 13.0 Å². The summed E-state index contributed by atoms with van der Waals surface area (Å²) in [7, 11) is 1.33. The normalized spacial score (nSPS) is 17.1. The Morgan fingerprint density at radius 3 is 2.87 bits per heavy atom. The SMILES string of the molecule is COC(=O)c1ccc2c(c1)N(Cc1cc(C)on1)C(=O)C(C)S2. The fourth-order valence-corrected chi connectivity index (χ4v) is 3.51. The fraction of sp³-hybridized carbons (Fsp3) is 0.312. The van der Waals surface area contributed by atoms with Crippen LogP contribution in [0.25, 0.3) is 0 Å². The van der Waals surface area contributed by atoms with Crippen LogP contribution in [0.4, 0.5) is 5.69 Å². The molecule has 0 saturated carbocycles. The smallest absolute Gasteiger partial charge is 0.337 e. The van der Waals surface area contributed by atoms with Crippen molar-refractivity contribution >= 4 is 29.3 Å². The molecule has 1 aliphatic heterocycles. The van der Waals surface area contributed by atoms with Gasteiger partial charge in [0.2, 0.25) is 5.91 Å². The van der Waals surface area contributed by atoms with Gasteiger partial charge in [0.25, 0.3) is 0 Å². The fourth-order valence-electron chi connectivity index (χ4n) is 2.47. The van der Waals surface area contributed by atoms with Gasteiger partial charge in [-0.15, -0.1) is 11.8 Å². The molecule has 1 atom stereocenters. The molecule has 2 aromatic rings. The zero-order valence-electron chi connectivity index (χ0n) is 13.0. The van der Waals surface area contributed by atoms with Crippen LogP contribution in [-0.4, -0.2) is 29.4 Å². The second kappa shape index (κ2) is 6.08. The predicted octanol–water partition coefficient (Wildman–Crippen LogP) is 2.80. The van der Waals surface area contributed by atoms with Gasteiger partial charge in [0.1, 0.15) is 11.5 Å². The number of rotatable bonds is 3. The van der Waals surface area contributed by atoms with E-state index in [0.717, 1.165) is 4.90 Å². The van der Waals surface area contributed by atoms with Gasteiger partial charge < -0.3 is 14.2 Å². The van der Waals surface area contributed by atoms with Crippen molar-refractivity contribution < 1.29 is 18.8 Å². The molecule has 0 saturated heterocycles. The molecule has 1 aliphatic rings. The number of hydrogen-bond acceptors (Lipinski definition) is 6. The summed E-state index contributed by atoms with van der Waals surface area (Å²) in [5.74, 6) is 0.238. The molecule has 1 aromatic heterocycles. The topological polar surface area (TPSA) is 72.6 Å². The van der Waals surface area contributed by atoms with Crippen LogP contribution in [0.1, 0.15) is 28.7 Å². The van der Waals surface area contributed by atoms with E-state index in [0.29, 0.717) is 29.2 Å². The van der Waals surface area contributed by atoms with E-state index < -0.39 is 5.97 Å². The molecule has 0 bridgehead atoms. The van der Waals surface area contributed by atoms with Crippen molar-refractivity contribution in [2.75, 3.05) is 12.0 Å². The molecule has 0 fully saturated rings. The average molecular weight is 332 g/mol. The van der Waals surface area contributed by atoms with Crippen molar-refractivity contribution in [3.8, 4) is 0 Å². The number of amides is 1. The number of esters is 1. The summed E-state index contributed by atoms with van der Waals surface area (Å²) in [5.41, 5.74) is 1.78. The molecule has 7 heteroatoms. The number of anilines is 1. The van der Waals surface area contributed by atoms with Gasteiger partial charge in [0, 0.05) is 11.0 Å². The molecule has 0 aliphatic carbocycles. The van der Waals surface area contributed by atoms with Gasteiger partial charge in [-0.25, -0.2) is 4.79 Å². The van der Waals surface area contributed by atoms with Gasteiger partial charge >= 0.3 is 5.97 Å². The van der Waals surface area contributed by atoms with Crippen molar-refractivity contribution in [2.45, 2.75) is 30.5 Å². The average Bonchev–Trinajstić information content (AvgIpc) is 2.96. The number of aryl methyl sites for hydroxylation is 1. The molecular weight excluding hydrogens is 316 g/mol. The van der Waals surface area contributed by atoms with Crippen molar-refractivity contribution in [1.29, 1.82) is 0 Å². The van der Waals surface area contributed by atoms with E-state index in [1.165, 1.54) is 18.9 Å². The maximum absolute atomic E-state index is 12.6. The van der Waals surface area contributed by atoms with Crippen LogP contribution in [0.5, 0.6) is 0 Å². The molecular formula is C16H16N2O4S. The van der Waals surface area contributed by atoms with Gasteiger partial charge in [0.15, 0.2) is 0 Å². The highest BCUT2D eigenvalue weighted by atomic mass is 32.2. The Morgan fingerprint density at radius 1 is 1.43 bits per heavy atom. The lowest BCUT2D eigenvalue weighted by atomic mass is 10.1. The zero-order chi connectivity index (χ0) is 16.6. The molecule has 1 unspecified atom stereocenters. The molecule has 1 aromatic carbocycles. The van der Waals surface area contributed by atoms with E-state index in [9.17, 15) is 9.59 Å². The first-order valence-corrected chi connectivity index (χ1v) is 8.00. The summed E-state index contributed by atoms with van der Waals surface area (Å²) in [6, 6.07) is 7.03. The number of aromatic nitrogens is 1. The van der Waals surface area contributed by atoms with Gasteiger partial charge in [0.05, 0.1) is 30.2 Å². The third kappa shape index (κ3) is 2.96. The van der Waals surface area contributed by atoms with Crippen molar-refractivity contribution in [1.82, 2.24) is 5.16 Å². The minimum Gasteiger partial charge on any atom is -0.465 e. The lowest BCUT2D eigenvalue weighted by Gasteiger charge is -2.32. The molecule has 3 rings (SSSR count). The van der Waals surface area contributed by atoms with Gasteiger partial charge in [-0.3, -0.25) is 4.79 Å². The third-order valence-electron chi connectivity index (χ3n) is 3.59. The minimum atomic E-state index is -0.430. The Morgan fingerprint density at radius 2 is 2.22 bits per heavy atom. The molecule has 0 radical (unpaired) electrons. The van der Waals surface area contributed by atoms with Crippen molar-refractivity contribution in [3.63, 3.8) is 0 Å². The second-order valence-corrected chi connectivity index (χ2v) is 6.67. The third-order valence-corrected chi connectivity index (χ3v) is 4.74. The largest absolute Gasteiger partial charge is 0.465 e. The standard InChI is InChI=1S/C16H16N2O4S/c1-9-6-12(17-22-9)8-18-13-7-11(16(20)21-3)4-5-14(13)23-10(2)15(18)19/h4-7,10H,8H2,1-3H3. The number of carbonyl (C=O) groups is 2. The molecule has 2 heterocycles. The van der Waals surface area contributed by atoms with E-state index in [1.54, 1.807) is 30.0 Å². The first-order valence-electron chi connectivity index (χ1n) is 7.12. The number of benzene rings is 1. The first-order chi connectivity index (χ1) is 11.0. The summed E-state index contributed by atoms with van der Waals surface area (Å²) in [6.07, 6.45) is 0. The highest BCUT2D eigenvalue weighted by Gasteiger charge is 2.32. The number of ether oxygens (including phenoxy) is 1. The minimum absolute atomic E-state index is 0.0230. The Hall–Kier alpha value is -2.28. The first kappa shape index (κ1) is 15.6. The summed E-state index contributed by atoms with van der Waals surface area (Å²) in [6.45, 7) is 3.97. The molecule has 23 heavy (non-hydrogen) atoms. The van der Waals surface area contributed by atoms with Crippen LogP contribution < -0.4 is 4.90 Å². The number of thioether (sulfide) groups is 1. The summed E-state index contributed by atoms with van der Waals surface area (Å²) >= 11 is 1.48. The number of methoxy groups -OCH3 is 1. The van der Waals surface area contributed by atoms with Crippen LogP contribution in [0.2, 0.25) is 0 Å².